The van der Waals surface area contributed by atoms with E-state index in [1.54, 1.807) is 54.6 Å². The molecule has 9 nitrogen and oxygen atoms in total. The second-order valence-corrected chi connectivity index (χ2v) is 8.48. The number of methoxy groups -OCH3 is 2. The third-order valence-corrected chi connectivity index (χ3v) is 5.45. The second-order valence-electron chi connectivity index (χ2n) is 7.12. The number of amides is 2. The summed E-state index contributed by atoms with van der Waals surface area (Å²) < 4.78 is 16.6. The van der Waals surface area contributed by atoms with Crippen LogP contribution in [0, 0.1) is 0 Å². The maximum absolute atomic E-state index is 12.7. The summed E-state index contributed by atoms with van der Waals surface area (Å²) in [7, 11) is 2.96. The zero-order valence-corrected chi connectivity index (χ0v) is 21.6. The number of esters is 1. The molecule has 0 saturated carbocycles. The highest BCUT2D eigenvalue weighted by Gasteiger charge is 2.15. The number of carbonyl (C=O) groups excluding carboxylic acids is 3. The van der Waals surface area contributed by atoms with Crippen LogP contribution in [-0.2, 0) is 4.79 Å². The van der Waals surface area contributed by atoms with Gasteiger partial charge in [0.1, 0.15) is 5.75 Å². The summed E-state index contributed by atoms with van der Waals surface area (Å²) in [5.41, 5.74) is 3.35. The fourth-order valence-electron chi connectivity index (χ4n) is 2.91. The number of hydrazone groups is 1. The number of ether oxygens (including phenoxy) is 3. The number of halogens is 2. The van der Waals surface area contributed by atoms with Crippen molar-refractivity contribution in [2.45, 2.75) is 0 Å². The molecule has 2 N–H and O–H groups in total. The lowest BCUT2D eigenvalue weighted by Gasteiger charge is -2.11. The smallest absolute Gasteiger partial charge is 0.343 e. The van der Waals surface area contributed by atoms with E-state index < -0.39 is 17.8 Å². The molecule has 0 heterocycles. The molecular formula is C25H21BrClN3O6. The van der Waals surface area contributed by atoms with Gasteiger partial charge in [-0.15, -0.1) is 0 Å². The Labute approximate surface area is 220 Å². The molecule has 186 valence electrons. The number of hydrogen-bond donors (Lipinski definition) is 2. The van der Waals surface area contributed by atoms with Crippen LogP contribution in [0.1, 0.15) is 26.3 Å². The van der Waals surface area contributed by atoms with Gasteiger partial charge in [-0.05, 0) is 60.7 Å². The minimum Gasteiger partial charge on any atom is -0.493 e. The number of rotatable bonds is 9. The first-order valence-corrected chi connectivity index (χ1v) is 11.6. The predicted molar refractivity (Wildman–Crippen MR) is 138 cm³/mol. The van der Waals surface area contributed by atoms with Crippen molar-refractivity contribution in [2.24, 2.45) is 5.10 Å². The van der Waals surface area contributed by atoms with Gasteiger partial charge in [-0.3, -0.25) is 9.59 Å². The Bertz CT molecular complexity index is 1300. The summed E-state index contributed by atoms with van der Waals surface area (Å²) >= 11 is 9.16. The van der Waals surface area contributed by atoms with Crippen molar-refractivity contribution in [3.8, 4) is 17.2 Å². The van der Waals surface area contributed by atoms with Crippen LogP contribution < -0.4 is 25.0 Å². The maximum Gasteiger partial charge on any atom is 0.343 e. The quantitative estimate of drug-likeness (QED) is 0.171. The third kappa shape index (κ3) is 7.30. The number of carbonyl (C=O) groups is 3. The molecule has 0 fully saturated rings. The molecule has 0 aliphatic rings. The molecule has 0 spiro atoms. The van der Waals surface area contributed by atoms with Crippen molar-refractivity contribution >= 4 is 51.5 Å². The molecular weight excluding hydrogens is 554 g/mol. The Morgan fingerprint density at radius 3 is 2.28 bits per heavy atom. The Kier molecular flexibility index (Phi) is 9.43. The molecule has 0 aromatic heterocycles. The fourth-order valence-corrected chi connectivity index (χ4v) is 3.42. The SMILES string of the molecule is COc1ccc(C(=O)Oc2ccc(Br)cc2/C=N\NC(=O)CNC(=O)c2ccc(Cl)cc2)cc1OC. The summed E-state index contributed by atoms with van der Waals surface area (Å²) in [5, 5.41) is 6.88. The largest absolute Gasteiger partial charge is 0.493 e. The molecule has 11 heteroatoms. The van der Waals surface area contributed by atoms with Crippen LogP contribution in [0.4, 0.5) is 0 Å². The standard InChI is InChI=1S/C25H21BrClN3O6/c1-34-21-9-5-16(12-22(21)35-2)25(33)36-20-10-6-18(26)11-17(20)13-29-30-23(31)14-28-24(32)15-3-7-19(27)8-4-15/h3-13H,14H2,1-2H3,(H,28,32)(H,30,31)/b29-13-. The Morgan fingerprint density at radius 1 is 0.917 bits per heavy atom. The molecule has 0 aliphatic heterocycles. The van der Waals surface area contributed by atoms with Crippen LogP contribution in [0.3, 0.4) is 0 Å². The second kappa shape index (κ2) is 12.7. The third-order valence-electron chi connectivity index (χ3n) is 4.70. The molecule has 0 bridgehead atoms. The lowest BCUT2D eigenvalue weighted by atomic mass is 10.2. The van der Waals surface area contributed by atoms with Crippen LogP contribution in [0.15, 0.2) is 70.2 Å². The molecule has 3 rings (SSSR count). The number of benzene rings is 3. The monoisotopic (exact) mass is 573 g/mol. The lowest BCUT2D eigenvalue weighted by molar-refractivity contribution is -0.120. The van der Waals surface area contributed by atoms with E-state index in [-0.39, 0.29) is 17.9 Å². The van der Waals surface area contributed by atoms with Gasteiger partial charge in [-0.1, -0.05) is 27.5 Å². The van der Waals surface area contributed by atoms with Gasteiger partial charge in [0, 0.05) is 20.6 Å². The number of hydrogen-bond acceptors (Lipinski definition) is 7. The Morgan fingerprint density at radius 2 is 1.58 bits per heavy atom. The normalized spacial score (nSPS) is 10.6. The van der Waals surface area contributed by atoms with E-state index in [0.717, 1.165) is 0 Å². The first kappa shape index (κ1) is 26.7. The Balaban J connectivity index is 1.62. The highest BCUT2D eigenvalue weighted by molar-refractivity contribution is 9.10. The van der Waals surface area contributed by atoms with Gasteiger partial charge in [-0.25, -0.2) is 10.2 Å². The van der Waals surface area contributed by atoms with E-state index in [4.69, 9.17) is 25.8 Å². The van der Waals surface area contributed by atoms with Gasteiger partial charge >= 0.3 is 5.97 Å². The predicted octanol–water partition coefficient (Wildman–Crippen LogP) is 4.22. The van der Waals surface area contributed by atoms with Crippen molar-refractivity contribution in [3.63, 3.8) is 0 Å². The average molecular weight is 575 g/mol. The lowest BCUT2D eigenvalue weighted by Crippen LogP contribution is -2.34. The maximum atomic E-state index is 12.7. The topological polar surface area (TPSA) is 115 Å². The summed E-state index contributed by atoms with van der Waals surface area (Å²) in [4.78, 5) is 36.9. The number of nitrogens with zero attached hydrogens (tertiary/aromatic N) is 1. The van der Waals surface area contributed by atoms with Crippen LogP contribution in [0.25, 0.3) is 0 Å². The van der Waals surface area contributed by atoms with Crippen molar-refractivity contribution in [3.05, 3.63) is 86.8 Å². The van der Waals surface area contributed by atoms with E-state index in [2.05, 4.69) is 31.8 Å². The summed E-state index contributed by atoms with van der Waals surface area (Å²) in [6.07, 6.45) is 1.32. The summed E-state index contributed by atoms with van der Waals surface area (Å²) in [6.45, 7) is -0.293. The van der Waals surface area contributed by atoms with Gasteiger partial charge in [0.15, 0.2) is 11.5 Å². The van der Waals surface area contributed by atoms with E-state index in [1.165, 1.54) is 26.5 Å². The zero-order valence-electron chi connectivity index (χ0n) is 19.2. The van der Waals surface area contributed by atoms with Gasteiger partial charge < -0.3 is 19.5 Å². The molecule has 3 aromatic carbocycles. The van der Waals surface area contributed by atoms with Crippen molar-refractivity contribution in [1.29, 1.82) is 0 Å². The molecule has 0 radical (unpaired) electrons. The molecule has 0 aliphatic carbocycles. The molecule has 0 unspecified atom stereocenters. The Hall–Kier alpha value is -3.89. The highest BCUT2D eigenvalue weighted by Crippen LogP contribution is 2.29. The van der Waals surface area contributed by atoms with Gasteiger partial charge in [0.25, 0.3) is 11.8 Å². The molecule has 0 atom stereocenters. The van der Waals surface area contributed by atoms with Crippen LogP contribution in [-0.4, -0.2) is 44.8 Å². The molecule has 36 heavy (non-hydrogen) atoms. The van der Waals surface area contributed by atoms with E-state index in [0.29, 0.717) is 32.1 Å². The molecule has 0 saturated heterocycles. The summed E-state index contributed by atoms with van der Waals surface area (Å²) in [5.74, 6) is -0.524. The van der Waals surface area contributed by atoms with Crippen LogP contribution in [0.2, 0.25) is 5.02 Å². The van der Waals surface area contributed by atoms with Crippen molar-refractivity contribution in [2.75, 3.05) is 20.8 Å². The first-order chi connectivity index (χ1) is 17.3. The minimum absolute atomic E-state index is 0.215. The zero-order chi connectivity index (χ0) is 26.1. The van der Waals surface area contributed by atoms with Crippen LogP contribution in [0.5, 0.6) is 17.2 Å². The van der Waals surface area contributed by atoms with Gasteiger partial charge in [-0.2, -0.15) is 5.10 Å². The van der Waals surface area contributed by atoms with Gasteiger partial charge in [0.2, 0.25) is 0 Å². The first-order valence-electron chi connectivity index (χ1n) is 10.4. The van der Waals surface area contributed by atoms with Gasteiger partial charge in [0.05, 0.1) is 32.5 Å². The summed E-state index contributed by atoms with van der Waals surface area (Å²) in [6, 6.07) is 15.8. The van der Waals surface area contributed by atoms with E-state index >= 15 is 0 Å². The minimum atomic E-state index is -0.623. The molecule has 2 amide bonds. The van der Waals surface area contributed by atoms with Crippen molar-refractivity contribution < 1.29 is 28.6 Å². The highest BCUT2D eigenvalue weighted by atomic mass is 79.9. The number of nitrogens with one attached hydrogen (secondary N) is 2. The average Bonchev–Trinajstić information content (AvgIpc) is 2.88. The van der Waals surface area contributed by atoms with Crippen molar-refractivity contribution in [1.82, 2.24) is 10.7 Å². The molecule has 3 aromatic rings. The van der Waals surface area contributed by atoms with Crippen LogP contribution >= 0.6 is 27.5 Å². The van der Waals surface area contributed by atoms with E-state index in [9.17, 15) is 14.4 Å². The fraction of sp³-hybridized carbons (Fsp3) is 0.120. The van der Waals surface area contributed by atoms with E-state index in [1.807, 2.05) is 0 Å².